The summed E-state index contributed by atoms with van der Waals surface area (Å²) < 4.78 is 0. The van der Waals surface area contributed by atoms with E-state index in [4.69, 9.17) is 0 Å². The quantitative estimate of drug-likeness (QED) is 0.550. The third-order valence-corrected chi connectivity index (χ3v) is 3.68. The van der Waals surface area contributed by atoms with Crippen LogP contribution in [0.4, 0.5) is 17.1 Å². The van der Waals surface area contributed by atoms with Crippen LogP contribution in [-0.2, 0) is 20.1 Å². The Morgan fingerprint density at radius 3 is 2.00 bits per heavy atom. The summed E-state index contributed by atoms with van der Waals surface area (Å²) in [6.07, 6.45) is 1.10. The van der Waals surface area contributed by atoms with Crippen LogP contribution < -0.4 is 10.2 Å². The van der Waals surface area contributed by atoms with E-state index in [2.05, 4.69) is 83.0 Å². The molecule has 1 radical (unpaired) electrons. The summed E-state index contributed by atoms with van der Waals surface area (Å²) in [7, 11) is 0. The molecular formula is C19H15IrN2-. The van der Waals surface area contributed by atoms with E-state index in [1.54, 1.807) is 0 Å². The normalized spacial score (nSPS) is 12.4. The minimum atomic E-state index is 0. The number of para-hydroxylation sites is 3. The first kappa shape index (κ1) is 14.7. The average molecular weight is 464 g/mol. The van der Waals surface area contributed by atoms with Gasteiger partial charge in [0, 0.05) is 32.0 Å². The Hall–Kier alpha value is -2.22. The molecule has 2 nitrogen and oxygen atoms in total. The van der Waals surface area contributed by atoms with Crippen LogP contribution in [0.25, 0.3) is 0 Å². The minimum absolute atomic E-state index is 0. The predicted octanol–water partition coefficient (Wildman–Crippen LogP) is 4.79. The molecule has 3 heteroatoms. The summed E-state index contributed by atoms with van der Waals surface area (Å²) >= 11 is 0. The van der Waals surface area contributed by atoms with Crippen LogP contribution in [0.1, 0.15) is 5.56 Å². The number of nitrogens with zero attached hydrogens (tertiary/aromatic N) is 1. The monoisotopic (exact) mass is 464 g/mol. The smallest absolute Gasteiger partial charge is 0.0585 e. The average Bonchev–Trinajstić information content (AvgIpc) is 2.96. The van der Waals surface area contributed by atoms with E-state index in [1.165, 1.54) is 11.3 Å². The van der Waals surface area contributed by atoms with Crippen molar-refractivity contribution in [1.29, 1.82) is 0 Å². The molecule has 3 aromatic carbocycles. The SMILES string of the molecule is [Ir].c1ccc([C-]2Nc3ccccc3N2c2ccccc2)cc1. The van der Waals surface area contributed by atoms with Crippen molar-refractivity contribution in [2.45, 2.75) is 0 Å². The van der Waals surface area contributed by atoms with Gasteiger partial charge in [0.25, 0.3) is 0 Å². The van der Waals surface area contributed by atoms with Crippen molar-refractivity contribution in [3.05, 3.63) is 96.7 Å². The van der Waals surface area contributed by atoms with Crippen LogP contribution >= 0.6 is 0 Å². The molecule has 0 unspecified atom stereocenters. The number of fused-ring (bicyclic) bond motifs is 1. The number of rotatable bonds is 2. The Bertz CT molecular complexity index is 744. The first-order valence-electron chi connectivity index (χ1n) is 7.07. The Balaban J connectivity index is 0.00000144. The first-order chi connectivity index (χ1) is 10.4. The van der Waals surface area contributed by atoms with Gasteiger partial charge >= 0.3 is 0 Å². The van der Waals surface area contributed by atoms with Crippen LogP contribution in [0.15, 0.2) is 84.9 Å². The molecule has 0 aliphatic carbocycles. The predicted molar refractivity (Wildman–Crippen MR) is 87.4 cm³/mol. The molecule has 0 aromatic heterocycles. The molecule has 22 heavy (non-hydrogen) atoms. The standard InChI is InChI=1S/C19H15N2.Ir/c1-3-9-15(10-4-1)19-20-17-13-7-8-14-18(17)21(19)16-11-5-2-6-12-16;/h1-14,20H;/q-1;. The molecule has 0 spiro atoms. The number of anilines is 3. The van der Waals surface area contributed by atoms with Crippen molar-refractivity contribution in [2.75, 3.05) is 10.2 Å². The Morgan fingerprint density at radius 1 is 0.682 bits per heavy atom. The minimum Gasteiger partial charge on any atom is -0.392 e. The fourth-order valence-corrected chi connectivity index (χ4v) is 2.72. The van der Waals surface area contributed by atoms with Crippen molar-refractivity contribution in [1.82, 2.24) is 0 Å². The molecule has 1 heterocycles. The van der Waals surface area contributed by atoms with Crippen LogP contribution in [0, 0.1) is 6.17 Å². The first-order valence-corrected chi connectivity index (χ1v) is 7.07. The Morgan fingerprint density at radius 2 is 1.27 bits per heavy atom. The fourth-order valence-electron chi connectivity index (χ4n) is 2.72. The van der Waals surface area contributed by atoms with E-state index >= 15 is 0 Å². The number of hydrogen-bond donors (Lipinski definition) is 1. The van der Waals surface area contributed by atoms with Gasteiger partial charge in [0.05, 0.1) is 11.4 Å². The van der Waals surface area contributed by atoms with E-state index in [0.29, 0.717) is 0 Å². The zero-order valence-electron chi connectivity index (χ0n) is 11.9. The molecule has 0 saturated heterocycles. The maximum atomic E-state index is 3.54. The third-order valence-electron chi connectivity index (χ3n) is 3.68. The second-order valence-corrected chi connectivity index (χ2v) is 5.03. The molecule has 0 amide bonds. The van der Waals surface area contributed by atoms with Gasteiger partial charge in [0.1, 0.15) is 0 Å². The molecule has 1 aliphatic heterocycles. The van der Waals surface area contributed by atoms with Gasteiger partial charge in [-0.25, -0.2) is 0 Å². The molecule has 0 bridgehead atoms. The van der Waals surface area contributed by atoms with Gasteiger partial charge in [0.15, 0.2) is 0 Å². The molecule has 3 aromatic rings. The van der Waals surface area contributed by atoms with Crippen molar-refractivity contribution in [3.8, 4) is 0 Å². The van der Waals surface area contributed by atoms with Gasteiger partial charge in [-0.2, -0.15) is 12.1 Å². The summed E-state index contributed by atoms with van der Waals surface area (Å²) in [5, 5.41) is 3.54. The number of benzene rings is 3. The van der Waals surface area contributed by atoms with Crippen molar-refractivity contribution < 1.29 is 20.1 Å². The van der Waals surface area contributed by atoms with E-state index in [-0.39, 0.29) is 20.1 Å². The molecule has 0 fully saturated rings. The van der Waals surface area contributed by atoms with Gasteiger partial charge in [-0.1, -0.05) is 36.4 Å². The number of nitrogens with one attached hydrogen (secondary N) is 1. The second kappa shape index (κ2) is 6.27. The van der Waals surface area contributed by atoms with Gasteiger partial charge in [-0.3, -0.25) is 0 Å². The van der Waals surface area contributed by atoms with Gasteiger partial charge < -0.3 is 10.2 Å². The van der Waals surface area contributed by atoms with Crippen LogP contribution in [0.2, 0.25) is 0 Å². The third kappa shape index (κ3) is 2.50. The summed E-state index contributed by atoms with van der Waals surface area (Å²) in [5.41, 5.74) is 4.66. The molecule has 1 N–H and O–H groups in total. The zero-order valence-corrected chi connectivity index (χ0v) is 14.3. The van der Waals surface area contributed by atoms with Crippen molar-refractivity contribution in [3.63, 3.8) is 0 Å². The summed E-state index contributed by atoms with van der Waals surface area (Å²) in [6, 6.07) is 29.3. The van der Waals surface area contributed by atoms with E-state index in [9.17, 15) is 0 Å². The van der Waals surface area contributed by atoms with E-state index in [0.717, 1.165) is 17.5 Å². The topological polar surface area (TPSA) is 15.3 Å². The maximum Gasteiger partial charge on any atom is 0.0585 e. The van der Waals surface area contributed by atoms with Crippen LogP contribution in [-0.4, -0.2) is 0 Å². The van der Waals surface area contributed by atoms with Crippen molar-refractivity contribution >= 4 is 17.1 Å². The van der Waals surface area contributed by atoms with Gasteiger partial charge in [-0.15, -0.1) is 17.7 Å². The molecule has 0 atom stereocenters. The molecule has 4 rings (SSSR count). The van der Waals surface area contributed by atoms with Gasteiger partial charge in [0.2, 0.25) is 0 Å². The second-order valence-electron chi connectivity index (χ2n) is 5.03. The largest absolute Gasteiger partial charge is 0.392 e. The molecule has 1 aliphatic rings. The fraction of sp³-hybridized carbons (Fsp3) is 0. The molecule has 111 valence electrons. The number of hydrogen-bond acceptors (Lipinski definition) is 2. The van der Waals surface area contributed by atoms with E-state index < -0.39 is 0 Å². The van der Waals surface area contributed by atoms with Gasteiger partial charge in [-0.05, 0) is 24.3 Å². The maximum absolute atomic E-state index is 3.54. The molecule has 0 saturated carbocycles. The summed E-state index contributed by atoms with van der Waals surface area (Å²) in [5.74, 6) is 0. The van der Waals surface area contributed by atoms with Crippen molar-refractivity contribution in [2.24, 2.45) is 0 Å². The zero-order chi connectivity index (χ0) is 14.1. The summed E-state index contributed by atoms with van der Waals surface area (Å²) in [6.45, 7) is 0. The molecular weight excluding hydrogens is 448 g/mol. The Labute approximate surface area is 144 Å². The van der Waals surface area contributed by atoms with Crippen LogP contribution in [0.5, 0.6) is 0 Å². The van der Waals surface area contributed by atoms with Crippen LogP contribution in [0.3, 0.4) is 0 Å². The summed E-state index contributed by atoms with van der Waals surface area (Å²) in [4.78, 5) is 2.27. The van der Waals surface area contributed by atoms with E-state index in [1.807, 2.05) is 12.1 Å². The Kier molecular flexibility index (Phi) is 4.19.